The molecule has 1 saturated heterocycles. The third kappa shape index (κ3) is 5.58. The summed E-state index contributed by atoms with van der Waals surface area (Å²) in [6, 6.07) is 9.39. The molecule has 0 saturated carbocycles. The Labute approximate surface area is 144 Å². The first kappa shape index (κ1) is 18.9. The van der Waals surface area contributed by atoms with Crippen LogP contribution >= 0.6 is 0 Å². The highest BCUT2D eigenvalue weighted by Crippen LogP contribution is 2.13. The number of nitrogens with one attached hydrogen (secondary N) is 1. The van der Waals surface area contributed by atoms with Gasteiger partial charge in [0, 0.05) is 32.2 Å². The standard InChI is InChI=1S/C17H27N3O3S/c1-3-15(2)18-17(21)13-19-9-11-20(12-10-19)24(22,23)14-16-7-5-4-6-8-16/h4-8,15H,3,9-14H2,1-2H3,(H,18,21). The van der Waals surface area contributed by atoms with Gasteiger partial charge in [0.05, 0.1) is 12.3 Å². The summed E-state index contributed by atoms with van der Waals surface area (Å²) in [6.07, 6.45) is 0.900. The van der Waals surface area contributed by atoms with Crippen molar-refractivity contribution >= 4 is 15.9 Å². The topological polar surface area (TPSA) is 69.7 Å². The van der Waals surface area contributed by atoms with E-state index in [0.717, 1.165) is 12.0 Å². The number of amides is 1. The largest absolute Gasteiger partial charge is 0.353 e. The molecule has 0 aliphatic carbocycles. The zero-order valence-electron chi connectivity index (χ0n) is 14.4. The van der Waals surface area contributed by atoms with Gasteiger partial charge in [0.25, 0.3) is 0 Å². The number of nitrogens with zero attached hydrogens (tertiary/aromatic N) is 2. The highest BCUT2D eigenvalue weighted by atomic mass is 32.2. The molecule has 2 rings (SSSR count). The van der Waals surface area contributed by atoms with Gasteiger partial charge < -0.3 is 5.32 Å². The number of hydrogen-bond acceptors (Lipinski definition) is 4. The summed E-state index contributed by atoms with van der Waals surface area (Å²) in [5.74, 6) is 0.0347. The van der Waals surface area contributed by atoms with Crippen LogP contribution < -0.4 is 5.32 Å². The summed E-state index contributed by atoms with van der Waals surface area (Å²) < 4.78 is 26.5. The van der Waals surface area contributed by atoms with Gasteiger partial charge in [0.2, 0.25) is 15.9 Å². The van der Waals surface area contributed by atoms with Crippen molar-refractivity contribution in [3.63, 3.8) is 0 Å². The Morgan fingerprint density at radius 3 is 2.38 bits per heavy atom. The predicted octanol–water partition coefficient (Wildman–Crippen LogP) is 1.05. The molecule has 7 heteroatoms. The van der Waals surface area contributed by atoms with Gasteiger partial charge in [-0.1, -0.05) is 37.3 Å². The van der Waals surface area contributed by atoms with E-state index in [4.69, 9.17) is 0 Å². The lowest BCUT2D eigenvalue weighted by molar-refractivity contribution is -0.123. The first-order valence-corrected chi connectivity index (χ1v) is 10.0. The molecule has 1 aromatic carbocycles. The molecular weight excluding hydrogens is 326 g/mol. The highest BCUT2D eigenvalue weighted by molar-refractivity contribution is 7.88. The fraction of sp³-hybridized carbons (Fsp3) is 0.588. The zero-order valence-corrected chi connectivity index (χ0v) is 15.3. The second-order valence-corrected chi connectivity index (χ2v) is 8.26. The molecule has 1 N–H and O–H groups in total. The Morgan fingerprint density at radius 1 is 1.17 bits per heavy atom. The van der Waals surface area contributed by atoms with Crippen molar-refractivity contribution < 1.29 is 13.2 Å². The van der Waals surface area contributed by atoms with Crippen molar-refractivity contribution in [2.45, 2.75) is 32.1 Å². The average Bonchev–Trinajstić information content (AvgIpc) is 2.55. The van der Waals surface area contributed by atoms with Crippen LogP contribution in [0.4, 0.5) is 0 Å². The minimum Gasteiger partial charge on any atom is -0.353 e. The molecule has 0 spiro atoms. The van der Waals surface area contributed by atoms with Crippen molar-refractivity contribution in [2.24, 2.45) is 0 Å². The van der Waals surface area contributed by atoms with E-state index in [1.165, 1.54) is 4.31 Å². The summed E-state index contributed by atoms with van der Waals surface area (Å²) in [7, 11) is -3.31. The van der Waals surface area contributed by atoms with Crippen LogP contribution in [0.2, 0.25) is 0 Å². The first-order chi connectivity index (χ1) is 11.4. The molecule has 24 heavy (non-hydrogen) atoms. The van der Waals surface area contributed by atoms with E-state index in [1.807, 2.05) is 49.1 Å². The zero-order chi connectivity index (χ0) is 17.6. The fourth-order valence-electron chi connectivity index (χ4n) is 2.67. The number of rotatable bonds is 7. The van der Waals surface area contributed by atoms with Crippen LogP contribution in [-0.4, -0.2) is 62.3 Å². The third-order valence-corrected chi connectivity index (χ3v) is 6.15. The third-order valence-electron chi connectivity index (χ3n) is 4.30. The second kappa shape index (κ2) is 8.60. The molecule has 1 atom stereocenters. The highest BCUT2D eigenvalue weighted by Gasteiger charge is 2.27. The molecule has 134 valence electrons. The smallest absolute Gasteiger partial charge is 0.234 e. The van der Waals surface area contributed by atoms with Crippen LogP contribution in [0.3, 0.4) is 0 Å². The molecule has 6 nitrogen and oxygen atoms in total. The van der Waals surface area contributed by atoms with Crippen LogP contribution in [0.15, 0.2) is 30.3 Å². The number of piperazine rings is 1. The van der Waals surface area contributed by atoms with Crippen molar-refractivity contribution in [3.8, 4) is 0 Å². The monoisotopic (exact) mass is 353 g/mol. The molecule has 1 fully saturated rings. The number of hydrogen-bond donors (Lipinski definition) is 1. The van der Waals surface area contributed by atoms with Gasteiger partial charge in [-0.25, -0.2) is 8.42 Å². The van der Waals surface area contributed by atoms with E-state index in [9.17, 15) is 13.2 Å². The van der Waals surface area contributed by atoms with E-state index in [-0.39, 0.29) is 17.7 Å². The molecule has 1 amide bonds. The van der Waals surface area contributed by atoms with Gasteiger partial charge in [-0.05, 0) is 18.9 Å². The first-order valence-electron chi connectivity index (χ1n) is 8.44. The van der Waals surface area contributed by atoms with Crippen molar-refractivity contribution in [1.29, 1.82) is 0 Å². The Morgan fingerprint density at radius 2 is 1.79 bits per heavy atom. The lowest BCUT2D eigenvalue weighted by atomic mass is 10.2. The van der Waals surface area contributed by atoms with E-state index >= 15 is 0 Å². The molecule has 1 aliphatic heterocycles. The van der Waals surface area contributed by atoms with E-state index < -0.39 is 10.0 Å². The number of carbonyl (C=O) groups excluding carboxylic acids is 1. The van der Waals surface area contributed by atoms with Crippen molar-refractivity contribution in [2.75, 3.05) is 32.7 Å². The van der Waals surface area contributed by atoms with Gasteiger partial charge >= 0.3 is 0 Å². The maximum atomic E-state index is 12.5. The number of benzene rings is 1. The van der Waals surface area contributed by atoms with Crippen molar-refractivity contribution in [1.82, 2.24) is 14.5 Å². The molecule has 1 aliphatic rings. The van der Waals surface area contributed by atoms with E-state index in [0.29, 0.717) is 32.7 Å². The Hall–Kier alpha value is -1.44. The summed E-state index contributed by atoms with van der Waals surface area (Å²) in [5.41, 5.74) is 0.799. The lowest BCUT2D eigenvalue weighted by Gasteiger charge is -2.33. The molecule has 0 aromatic heterocycles. The molecule has 0 bridgehead atoms. The number of carbonyl (C=O) groups is 1. The van der Waals surface area contributed by atoms with Crippen LogP contribution in [0, 0.1) is 0 Å². The van der Waals surface area contributed by atoms with Crippen LogP contribution in [0.1, 0.15) is 25.8 Å². The minimum atomic E-state index is -3.31. The van der Waals surface area contributed by atoms with Gasteiger partial charge in [-0.2, -0.15) is 4.31 Å². The van der Waals surface area contributed by atoms with Crippen LogP contribution in [-0.2, 0) is 20.6 Å². The van der Waals surface area contributed by atoms with Crippen molar-refractivity contribution in [3.05, 3.63) is 35.9 Å². The van der Waals surface area contributed by atoms with Gasteiger partial charge in [-0.3, -0.25) is 9.69 Å². The van der Waals surface area contributed by atoms with Gasteiger partial charge in [0.1, 0.15) is 0 Å². The SMILES string of the molecule is CCC(C)NC(=O)CN1CCN(S(=O)(=O)Cc2ccccc2)CC1. The molecule has 1 heterocycles. The van der Waals surface area contributed by atoms with Crippen LogP contribution in [0.5, 0.6) is 0 Å². The fourth-order valence-corrected chi connectivity index (χ4v) is 4.18. The second-order valence-electron chi connectivity index (χ2n) is 6.29. The summed E-state index contributed by atoms with van der Waals surface area (Å²) >= 11 is 0. The van der Waals surface area contributed by atoms with E-state index in [1.54, 1.807) is 0 Å². The summed E-state index contributed by atoms with van der Waals surface area (Å²) in [6.45, 7) is 6.38. The Kier molecular flexibility index (Phi) is 6.77. The average molecular weight is 353 g/mol. The molecule has 1 unspecified atom stereocenters. The molecular formula is C17H27N3O3S. The minimum absolute atomic E-state index is 0.00458. The molecule has 0 radical (unpaired) electrons. The molecule has 1 aromatic rings. The normalized spacial score (nSPS) is 18.2. The summed E-state index contributed by atoms with van der Waals surface area (Å²) in [5, 5.41) is 2.94. The Balaban J connectivity index is 1.82. The lowest BCUT2D eigenvalue weighted by Crippen LogP contribution is -2.51. The quantitative estimate of drug-likeness (QED) is 0.795. The Bertz CT molecular complexity index is 626. The van der Waals surface area contributed by atoms with Gasteiger partial charge in [0.15, 0.2) is 0 Å². The number of sulfonamides is 1. The maximum absolute atomic E-state index is 12.5. The maximum Gasteiger partial charge on any atom is 0.234 e. The van der Waals surface area contributed by atoms with Crippen LogP contribution in [0.25, 0.3) is 0 Å². The van der Waals surface area contributed by atoms with Gasteiger partial charge in [-0.15, -0.1) is 0 Å². The summed E-state index contributed by atoms with van der Waals surface area (Å²) in [4.78, 5) is 13.9. The van der Waals surface area contributed by atoms with E-state index in [2.05, 4.69) is 5.32 Å². The predicted molar refractivity (Wildman–Crippen MR) is 95.0 cm³/mol.